The van der Waals surface area contributed by atoms with Crippen LogP contribution in [0.1, 0.15) is 59.3 Å². The second-order valence-electron chi connectivity index (χ2n) is 8.74. The fraction of sp³-hybridized carbons (Fsp3) is 0.727. The Hall–Kier alpha value is 0.196. The Kier molecular flexibility index (Phi) is 8.54. The van der Waals surface area contributed by atoms with Crippen molar-refractivity contribution in [1.29, 1.82) is 0 Å². The van der Waals surface area contributed by atoms with Crippen LogP contribution in [0, 0.1) is 0 Å². The summed E-state index contributed by atoms with van der Waals surface area (Å²) in [5.74, 6) is 0. The summed E-state index contributed by atoms with van der Waals surface area (Å²) < 4.78 is 12.1. The molecule has 1 aromatic rings. The van der Waals surface area contributed by atoms with Gasteiger partial charge in [0, 0.05) is 0 Å². The molecule has 0 bridgehead atoms. The van der Waals surface area contributed by atoms with Gasteiger partial charge in [-0.15, -0.1) is 0 Å². The van der Waals surface area contributed by atoms with Crippen LogP contribution in [-0.4, -0.2) is 36.3 Å². The molecule has 2 rings (SSSR count). The SMILES string of the molecule is CCC[CH2][Sn]([CH2]CCC)([CH2]CCC)[C@H]1O[C@@H]1[Si](C)(C)c1ccccc1. The van der Waals surface area contributed by atoms with Crippen molar-refractivity contribution < 1.29 is 4.74 Å². The van der Waals surface area contributed by atoms with Gasteiger partial charge in [0.05, 0.1) is 0 Å². The Bertz CT molecular complexity index is 480. The quantitative estimate of drug-likeness (QED) is 0.260. The van der Waals surface area contributed by atoms with Gasteiger partial charge in [0.2, 0.25) is 0 Å². The van der Waals surface area contributed by atoms with Crippen molar-refractivity contribution >= 4 is 31.6 Å². The number of ether oxygens (including phenoxy) is 1. The fourth-order valence-corrected chi connectivity index (χ4v) is 30.2. The molecule has 3 heteroatoms. The molecule has 1 aliphatic rings. The van der Waals surface area contributed by atoms with E-state index in [-0.39, 0.29) is 0 Å². The van der Waals surface area contributed by atoms with Gasteiger partial charge in [0.25, 0.3) is 0 Å². The van der Waals surface area contributed by atoms with E-state index in [0.29, 0.717) is 5.73 Å². The standard InChI is InChI=1S/C10H13OSi.3C4H9.Sn/c1-12(2,10-8-11-10)9-6-4-3-5-7-9;3*1-3-4-2;/h3-8,10H,1-2H3;3*1,3-4H2,2H3;/t10-;;;;/m1..../s1. The van der Waals surface area contributed by atoms with Gasteiger partial charge in [-0.05, 0) is 0 Å². The molecule has 1 fully saturated rings. The van der Waals surface area contributed by atoms with Crippen molar-refractivity contribution in [2.45, 2.75) is 95.5 Å². The molecule has 0 aromatic heterocycles. The molecule has 1 nitrogen and oxygen atoms in total. The number of benzene rings is 1. The van der Waals surface area contributed by atoms with Gasteiger partial charge in [0.1, 0.15) is 0 Å². The summed E-state index contributed by atoms with van der Waals surface area (Å²) in [7, 11) is -1.51. The zero-order valence-electron chi connectivity index (χ0n) is 17.3. The molecule has 0 aliphatic carbocycles. The molecule has 0 spiro atoms. The Labute approximate surface area is 161 Å². The zero-order chi connectivity index (χ0) is 18.3. The molecule has 0 radical (unpaired) electrons. The first-order valence-corrected chi connectivity index (χ1v) is 21.5. The average Bonchev–Trinajstić information content (AvgIpc) is 3.44. The Morgan fingerprint density at radius 2 is 1.32 bits per heavy atom. The van der Waals surface area contributed by atoms with E-state index in [1.807, 2.05) is 0 Å². The fourth-order valence-electron chi connectivity index (χ4n) is 4.55. The third kappa shape index (κ3) is 5.35. The van der Waals surface area contributed by atoms with E-state index in [1.54, 1.807) is 18.5 Å². The average molecular weight is 467 g/mol. The number of hydrogen-bond donors (Lipinski definition) is 0. The summed E-state index contributed by atoms with van der Waals surface area (Å²) in [6.45, 7) is 12.2. The molecule has 0 unspecified atom stereocenters. The van der Waals surface area contributed by atoms with Gasteiger partial charge in [-0.1, -0.05) is 0 Å². The van der Waals surface area contributed by atoms with Gasteiger partial charge in [0.15, 0.2) is 0 Å². The summed E-state index contributed by atoms with van der Waals surface area (Å²) in [6.07, 6.45) is 8.41. The van der Waals surface area contributed by atoms with Crippen LogP contribution in [0.15, 0.2) is 30.3 Å². The second-order valence-corrected chi connectivity index (χ2v) is 27.0. The molecule has 0 N–H and O–H groups in total. The van der Waals surface area contributed by atoms with Crippen LogP contribution < -0.4 is 5.19 Å². The van der Waals surface area contributed by atoms with Crippen molar-refractivity contribution in [3.8, 4) is 0 Å². The van der Waals surface area contributed by atoms with Crippen molar-refractivity contribution in [1.82, 2.24) is 0 Å². The molecule has 0 saturated carbocycles. The molecular weight excluding hydrogens is 427 g/mol. The molecule has 25 heavy (non-hydrogen) atoms. The number of hydrogen-bond acceptors (Lipinski definition) is 1. The Morgan fingerprint density at radius 3 is 1.76 bits per heavy atom. The minimum atomic E-state index is -2.22. The normalized spacial score (nSPS) is 20.7. The Morgan fingerprint density at radius 1 is 0.840 bits per heavy atom. The van der Waals surface area contributed by atoms with E-state index < -0.39 is 26.5 Å². The van der Waals surface area contributed by atoms with Crippen molar-refractivity contribution in [3.05, 3.63) is 30.3 Å². The van der Waals surface area contributed by atoms with E-state index in [2.05, 4.69) is 64.2 Å². The summed E-state index contributed by atoms with van der Waals surface area (Å²) in [4.78, 5) is 0. The first-order valence-electron chi connectivity index (χ1n) is 10.7. The van der Waals surface area contributed by atoms with Gasteiger partial charge >= 0.3 is 162 Å². The summed E-state index contributed by atoms with van der Waals surface area (Å²) in [5.41, 5.74) is 0.608. The number of rotatable bonds is 12. The molecule has 1 aliphatic heterocycles. The molecule has 142 valence electrons. The van der Waals surface area contributed by atoms with Crippen LogP contribution >= 0.6 is 0 Å². The second kappa shape index (κ2) is 9.94. The summed E-state index contributed by atoms with van der Waals surface area (Å²) >= 11 is -2.22. The Balaban J connectivity index is 2.19. The van der Waals surface area contributed by atoms with E-state index in [1.165, 1.54) is 38.5 Å². The number of unbranched alkanes of at least 4 members (excludes halogenated alkanes) is 3. The van der Waals surface area contributed by atoms with Crippen LogP contribution in [0.4, 0.5) is 0 Å². The molecule has 2 atom stereocenters. The topological polar surface area (TPSA) is 12.5 Å². The molecule has 1 saturated heterocycles. The summed E-state index contributed by atoms with van der Waals surface area (Å²) in [6, 6.07) is 11.3. The van der Waals surface area contributed by atoms with Crippen LogP contribution in [0.2, 0.25) is 26.4 Å². The van der Waals surface area contributed by atoms with E-state index in [4.69, 9.17) is 4.74 Å². The van der Waals surface area contributed by atoms with Crippen LogP contribution in [0.3, 0.4) is 0 Å². The third-order valence-corrected chi connectivity index (χ3v) is 27.3. The van der Waals surface area contributed by atoms with Gasteiger partial charge < -0.3 is 0 Å². The maximum absolute atomic E-state index is 6.65. The molecule has 1 aromatic carbocycles. The first kappa shape index (κ1) is 21.5. The van der Waals surface area contributed by atoms with Crippen molar-refractivity contribution in [2.24, 2.45) is 0 Å². The predicted octanol–water partition coefficient (Wildman–Crippen LogP) is 6.30. The van der Waals surface area contributed by atoms with Crippen molar-refractivity contribution in [2.75, 3.05) is 0 Å². The van der Waals surface area contributed by atoms with Crippen LogP contribution in [0.25, 0.3) is 0 Å². The molecular formula is C22H40OSiSn. The zero-order valence-corrected chi connectivity index (χ0v) is 21.2. The monoisotopic (exact) mass is 468 g/mol. The minimum absolute atomic E-state index is 0.608. The van der Waals surface area contributed by atoms with Gasteiger partial charge in [-0.25, -0.2) is 0 Å². The molecule has 1 heterocycles. The van der Waals surface area contributed by atoms with Crippen molar-refractivity contribution in [3.63, 3.8) is 0 Å². The maximum atomic E-state index is 6.65. The van der Waals surface area contributed by atoms with Crippen LogP contribution in [-0.2, 0) is 4.74 Å². The van der Waals surface area contributed by atoms with Gasteiger partial charge in [-0.3, -0.25) is 0 Å². The first-order chi connectivity index (χ1) is 12.0. The van der Waals surface area contributed by atoms with Crippen LogP contribution in [0.5, 0.6) is 0 Å². The molecule has 0 amide bonds. The predicted molar refractivity (Wildman–Crippen MR) is 117 cm³/mol. The van der Waals surface area contributed by atoms with Gasteiger partial charge in [-0.2, -0.15) is 0 Å². The van der Waals surface area contributed by atoms with E-state index in [0.717, 1.165) is 4.12 Å². The van der Waals surface area contributed by atoms with E-state index >= 15 is 0 Å². The summed E-state index contributed by atoms with van der Waals surface area (Å²) in [5, 5.41) is 1.59. The number of epoxide rings is 1. The van der Waals surface area contributed by atoms with E-state index in [9.17, 15) is 0 Å². The third-order valence-electron chi connectivity index (χ3n) is 6.41.